The molecule has 0 aromatic carbocycles. The monoisotopic (exact) mass is 271 g/mol. The van der Waals surface area contributed by atoms with Crippen molar-refractivity contribution in [3.05, 3.63) is 54.2 Å². The number of nitrogens with zero attached hydrogens (tertiary/aromatic N) is 1. The molecule has 2 rings (SSSR count). The summed E-state index contributed by atoms with van der Waals surface area (Å²) < 4.78 is 5.31. The third kappa shape index (κ3) is 3.41. The van der Waals surface area contributed by atoms with Crippen LogP contribution >= 0.6 is 0 Å². The smallest absolute Gasteiger partial charge is 0.165 e. The normalized spacial score (nSPS) is 12.1. The van der Waals surface area contributed by atoms with Crippen LogP contribution in [0.5, 0.6) is 0 Å². The number of hydrogen-bond acceptors (Lipinski definition) is 4. The van der Waals surface area contributed by atoms with E-state index in [1.165, 1.54) is 12.5 Å². The fourth-order valence-electron chi connectivity index (χ4n) is 2.11. The van der Waals surface area contributed by atoms with Gasteiger partial charge >= 0.3 is 0 Å². The summed E-state index contributed by atoms with van der Waals surface area (Å²) in [7, 11) is 0. The average molecular weight is 271 g/mol. The summed E-state index contributed by atoms with van der Waals surface area (Å²) in [5.74, 6) is 0.00184. The molecule has 1 atom stereocenters. The lowest BCUT2D eigenvalue weighted by Gasteiger charge is -2.12. The Morgan fingerprint density at radius 3 is 2.75 bits per heavy atom. The molecule has 0 N–H and O–H groups in total. The molecule has 104 valence electrons. The minimum atomic E-state index is -0.502. The first-order chi connectivity index (χ1) is 9.72. The second-order valence-electron chi connectivity index (χ2n) is 4.65. The van der Waals surface area contributed by atoms with E-state index in [1.807, 2.05) is 6.92 Å². The Bertz CT molecular complexity index is 561. The number of rotatable bonds is 7. The van der Waals surface area contributed by atoms with Gasteiger partial charge in [-0.2, -0.15) is 0 Å². The molecule has 2 aromatic rings. The molecule has 0 saturated heterocycles. The van der Waals surface area contributed by atoms with Gasteiger partial charge in [0.2, 0.25) is 0 Å². The molecule has 0 aliphatic rings. The van der Waals surface area contributed by atoms with Crippen LogP contribution in [0.25, 0.3) is 0 Å². The third-order valence-electron chi connectivity index (χ3n) is 3.14. The highest BCUT2D eigenvalue weighted by molar-refractivity contribution is 6.00. The highest BCUT2D eigenvalue weighted by atomic mass is 16.3. The van der Waals surface area contributed by atoms with Gasteiger partial charge in [-0.15, -0.1) is 0 Å². The molecule has 20 heavy (non-hydrogen) atoms. The summed E-state index contributed by atoms with van der Waals surface area (Å²) in [5, 5.41) is 0. The first-order valence-corrected chi connectivity index (χ1v) is 6.71. The number of hydrogen-bond donors (Lipinski definition) is 0. The molecular weight excluding hydrogens is 254 g/mol. The van der Waals surface area contributed by atoms with Crippen molar-refractivity contribution in [3.63, 3.8) is 0 Å². The van der Waals surface area contributed by atoms with E-state index in [0.29, 0.717) is 17.7 Å². The summed E-state index contributed by atoms with van der Waals surface area (Å²) in [6.45, 7) is 1.94. The molecular formula is C16H17NO3. The standard InChI is InChI=1S/C16H17NO3/c1-2-5-14(18)13(16-7-4-9-20-16)10-15(19)12-6-3-8-17-11-12/h3-4,6-9,11,13H,2,5,10H2,1H3. The van der Waals surface area contributed by atoms with Crippen LogP contribution in [0.15, 0.2) is 47.3 Å². The highest BCUT2D eigenvalue weighted by Crippen LogP contribution is 2.25. The maximum absolute atomic E-state index is 12.2. The minimum absolute atomic E-state index is 0.0414. The van der Waals surface area contributed by atoms with Crippen molar-refractivity contribution in [2.24, 2.45) is 0 Å². The van der Waals surface area contributed by atoms with Crippen LogP contribution in [-0.4, -0.2) is 16.6 Å². The van der Waals surface area contributed by atoms with Gasteiger partial charge in [-0.25, -0.2) is 0 Å². The van der Waals surface area contributed by atoms with Crippen LogP contribution in [-0.2, 0) is 4.79 Å². The second-order valence-corrected chi connectivity index (χ2v) is 4.65. The summed E-state index contributed by atoms with van der Waals surface area (Å²) in [5.41, 5.74) is 0.522. The fraction of sp³-hybridized carbons (Fsp3) is 0.312. The van der Waals surface area contributed by atoms with Gasteiger partial charge in [0.05, 0.1) is 12.2 Å². The lowest BCUT2D eigenvalue weighted by molar-refractivity contribution is -0.120. The van der Waals surface area contributed by atoms with Gasteiger partial charge < -0.3 is 4.42 Å². The van der Waals surface area contributed by atoms with Crippen molar-refractivity contribution in [3.8, 4) is 0 Å². The van der Waals surface area contributed by atoms with Crippen molar-refractivity contribution in [2.45, 2.75) is 32.1 Å². The zero-order chi connectivity index (χ0) is 14.4. The number of ketones is 2. The Labute approximate surface area is 117 Å². The Morgan fingerprint density at radius 2 is 2.15 bits per heavy atom. The van der Waals surface area contributed by atoms with Crippen LogP contribution in [0.4, 0.5) is 0 Å². The molecule has 0 bridgehead atoms. The SMILES string of the molecule is CCCC(=O)C(CC(=O)c1cccnc1)c1ccco1. The molecule has 4 heteroatoms. The Balaban J connectivity index is 2.16. The average Bonchev–Trinajstić information content (AvgIpc) is 2.99. The van der Waals surface area contributed by atoms with Gasteiger partial charge in [0.15, 0.2) is 5.78 Å². The topological polar surface area (TPSA) is 60.2 Å². The Morgan fingerprint density at radius 1 is 1.30 bits per heavy atom. The molecule has 0 aliphatic heterocycles. The van der Waals surface area contributed by atoms with Crippen LogP contribution in [0, 0.1) is 0 Å². The summed E-state index contributed by atoms with van der Waals surface area (Å²) >= 11 is 0. The van der Waals surface area contributed by atoms with Gasteiger partial charge in [0.25, 0.3) is 0 Å². The maximum atomic E-state index is 12.2. The lowest BCUT2D eigenvalue weighted by atomic mass is 9.91. The van der Waals surface area contributed by atoms with Gasteiger partial charge in [0, 0.05) is 30.8 Å². The molecule has 0 aliphatic carbocycles. The number of pyridine rings is 1. The predicted octanol–water partition coefficient (Wildman–Crippen LogP) is 3.40. The molecule has 4 nitrogen and oxygen atoms in total. The molecule has 2 heterocycles. The molecule has 0 fully saturated rings. The highest BCUT2D eigenvalue weighted by Gasteiger charge is 2.25. The number of carbonyl (C=O) groups excluding carboxylic acids is 2. The number of furan rings is 1. The van der Waals surface area contributed by atoms with Crippen LogP contribution in [0.1, 0.15) is 48.2 Å². The quantitative estimate of drug-likeness (QED) is 0.724. The van der Waals surface area contributed by atoms with E-state index < -0.39 is 5.92 Å². The molecule has 0 spiro atoms. The molecule has 0 saturated carbocycles. The first kappa shape index (κ1) is 14.2. The molecule has 0 radical (unpaired) electrons. The molecule has 0 amide bonds. The summed E-state index contributed by atoms with van der Waals surface area (Å²) in [6.07, 6.45) is 5.99. The van der Waals surface area contributed by atoms with E-state index in [4.69, 9.17) is 4.42 Å². The number of carbonyl (C=O) groups is 2. The summed E-state index contributed by atoms with van der Waals surface area (Å²) in [4.78, 5) is 28.3. The predicted molar refractivity (Wildman–Crippen MR) is 74.5 cm³/mol. The van der Waals surface area contributed by atoms with Crippen LogP contribution in [0.3, 0.4) is 0 Å². The molecule has 1 unspecified atom stereocenters. The van der Waals surface area contributed by atoms with Crippen LogP contribution in [0.2, 0.25) is 0 Å². The minimum Gasteiger partial charge on any atom is -0.469 e. The summed E-state index contributed by atoms with van der Waals surface area (Å²) in [6, 6.07) is 6.90. The zero-order valence-corrected chi connectivity index (χ0v) is 11.4. The van der Waals surface area contributed by atoms with Crippen molar-refractivity contribution in [1.29, 1.82) is 0 Å². The van der Waals surface area contributed by atoms with Crippen molar-refractivity contribution in [1.82, 2.24) is 4.98 Å². The van der Waals surface area contributed by atoms with E-state index in [2.05, 4.69) is 4.98 Å². The Hall–Kier alpha value is -2.23. The van der Waals surface area contributed by atoms with Crippen molar-refractivity contribution < 1.29 is 14.0 Å². The van der Waals surface area contributed by atoms with Gasteiger partial charge in [-0.1, -0.05) is 6.92 Å². The second kappa shape index (κ2) is 6.80. The molecule has 2 aromatic heterocycles. The number of Topliss-reactive ketones (excluding diaryl/α,β-unsaturated/α-hetero) is 2. The maximum Gasteiger partial charge on any atom is 0.165 e. The van der Waals surface area contributed by atoms with E-state index in [9.17, 15) is 9.59 Å². The zero-order valence-electron chi connectivity index (χ0n) is 11.4. The largest absolute Gasteiger partial charge is 0.469 e. The van der Waals surface area contributed by atoms with Crippen molar-refractivity contribution >= 4 is 11.6 Å². The Kier molecular flexibility index (Phi) is 4.82. The van der Waals surface area contributed by atoms with Gasteiger partial charge in [-0.3, -0.25) is 14.6 Å². The number of aromatic nitrogens is 1. The van der Waals surface area contributed by atoms with Gasteiger partial charge in [-0.05, 0) is 30.7 Å². The van der Waals surface area contributed by atoms with E-state index >= 15 is 0 Å². The lowest BCUT2D eigenvalue weighted by Crippen LogP contribution is -2.16. The van der Waals surface area contributed by atoms with Crippen molar-refractivity contribution in [2.75, 3.05) is 0 Å². The van der Waals surface area contributed by atoms with Crippen LogP contribution < -0.4 is 0 Å². The van der Waals surface area contributed by atoms with E-state index in [0.717, 1.165) is 6.42 Å². The van der Waals surface area contributed by atoms with E-state index in [1.54, 1.807) is 30.5 Å². The van der Waals surface area contributed by atoms with Gasteiger partial charge in [0.1, 0.15) is 11.5 Å². The third-order valence-corrected chi connectivity index (χ3v) is 3.14. The fourth-order valence-corrected chi connectivity index (χ4v) is 2.11. The first-order valence-electron chi connectivity index (χ1n) is 6.71. The van der Waals surface area contributed by atoms with E-state index in [-0.39, 0.29) is 18.0 Å².